The summed E-state index contributed by atoms with van der Waals surface area (Å²) in [6, 6.07) is 10.9. The Morgan fingerprint density at radius 2 is 1.87 bits per heavy atom. The molecule has 38 heavy (non-hydrogen) atoms. The number of carboxylic acids is 1. The van der Waals surface area contributed by atoms with Gasteiger partial charge in [0.2, 0.25) is 0 Å². The number of carboxylic acid groups (broad SMARTS) is 1. The Kier molecular flexibility index (Phi) is 8.10. The van der Waals surface area contributed by atoms with E-state index in [9.17, 15) is 22.4 Å². The summed E-state index contributed by atoms with van der Waals surface area (Å²) in [7, 11) is 0. The molecule has 200 valence electrons. The molecular formula is C26H24F4N4O4. The molecule has 0 aliphatic carbocycles. The molecule has 1 aromatic carbocycles. The molecule has 2 aromatic heterocycles. The topological polar surface area (TPSA) is 108 Å². The molecule has 1 saturated heterocycles. The van der Waals surface area contributed by atoms with E-state index >= 15 is 0 Å². The van der Waals surface area contributed by atoms with Gasteiger partial charge in [0.05, 0.1) is 24.5 Å². The third-order valence-electron chi connectivity index (χ3n) is 5.94. The van der Waals surface area contributed by atoms with Crippen molar-refractivity contribution in [2.24, 2.45) is 0 Å². The van der Waals surface area contributed by atoms with Crippen molar-refractivity contribution in [2.45, 2.75) is 12.6 Å². The number of carbonyl (C=O) groups is 2. The quantitative estimate of drug-likeness (QED) is 0.436. The Morgan fingerprint density at radius 1 is 1.13 bits per heavy atom. The van der Waals surface area contributed by atoms with Gasteiger partial charge in [0.25, 0.3) is 5.91 Å². The zero-order valence-corrected chi connectivity index (χ0v) is 20.0. The van der Waals surface area contributed by atoms with Crippen molar-refractivity contribution in [2.75, 3.05) is 37.7 Å². The summed E-state index contributed by atoms with van der Waals surface area (Å²) in [5.74, 6) is -3.07. The normalized spacial score (nSPS) is 15.5. The fourth-order valence-electron chi connectivity index (χ4n) is 4.10. The number of carbonyl (C=O) groups excluding carboxylic acids is 1. The van der Waals surface area contributed by atoms with Crippen LogP contribution in [-0.4, -0.2) is 66.0 Å². The summed E-state index contributed by atoms with van der Waals surface area (Å²) in [5, 5.41) is 9.99. The highest BCUT2D eigenvalue weighted by Gasteiger charge is 2.38. The second-order valence-corrected chi connectivity index (χ2v) is 8.46. The average molecular weight is 532 g/mol. The molecule has 4 heterocycles. The first-order chi connectivity index (χ1) is 18.1. The first-order valence-corrected chi connectivity index (χ1v) is 11.7. The van der Waals surface area contributed by atoms with Crippen LogP contribution >= 0.6 is 0 Å². The maximum absolute atomic E-state index is 14.6. The fraction of sp³-hybridized carbons (Fsp3) is 0.269. The average Bonchev–Trinajstić information content (AvgIpc) is 3.34. The number of ether oxygens (including phenoxy) is 1. The van der Waals surface area contributed by atoms with Gasteiger partial charge in [-0.2, -0.15) is 13.2 Å². The molecule has 3 aromatic rings. The number of nitrogens with one attached hydrogen (secondary N) is 2. The molecule has 0 unspecified atom stereocenters. The number of aliphatic carboxylic acids is 1. The highest BCUT2D eigenvalue weighted by atomic mass is 19.4. The van der Waals surface area contributed by atoms with Gasteiger partial charge >= 0.3 is 12.1 Å². The van der Waals surface area contributed by atoms with Crippen LogP contribution in [0.15, 0.2) is 42.6 Å². The van der Waals surface area contributed by atoms with Gasteiger partial charge in [-0.25, -0.2) is 9.18 Å². The summed E-state index contributed by atoms with van der Waals surface area (Å²) < 4.78 is 51.8. The number of pyridine rings is 1. The number of hydrogen-bond donors (Lipinski definition) is 3. The molecule has 12 heteroatoms. The molecule has 0 atom stereocenters. The first kappa shape index (κ1) is 26.9. The summed E-state index contributed by atoms with van der Waals surface area (Å²) in [5.41, 5.74) is 5.57. The molecule has 0 bridgehead atoms. The van der Waals surface area contributed by atoms with Gasteiger partial charge in [-0.05, 0) is 42.5 Å². The van der Waals surface area contributed by atoms with E-state index in [1.54, 1.807) is 18.3 Å². The molecule has 1 amide bonds. The Hall–Kier alpha value is -4.19. The van der Waals surface area contributed by atoms with Crippen molar-refractivity contribution in [3.05, 3.63) is 70.9 Å². The number of benzene rings is 1. The molecule has 5 rings (SSSR count). The van der Waals surface area contributed by atoms with Gasteiger partial charge in [0.15, 0.2) is 0 Å². The summed E-state index contributed by atoms with van der Waals surface area (Å²) in [4.78, 5) is 30.9. The van der Waals surface area contributed by atoms with Gasteiger partial charge in [0.1, 0.15) is 5.82 Å². The van der Waals surface area contributed by atoms with Crippen LogP contribution in [0.2, 0.25) is 0 Å². The smallest absolute Gasteiger partial charge is 0.475 e. The van der Waals surface area contributed by atoms with Gasteiger partial charge < -0.3 is 25.0 Å². The van der Waals surface area contributed by atoms with E-state index in [1.165, 1.54) is 6.07 Å². The van der Waals surface area contributed by atoms with Gasteiger partial charge in [-0.1, -0.05) is 6.07 Å². The zero-order chi connectivity index (χ0) is 27.3. The van der Waals surface area contributed by atoms with Crippen molar-refractivity contribution in [3.63, 3.8) is 0 Å². The number of rotatable bonds is 4. The predicted octanol–water partition coefficient (Wildman–Crippen LogP) is 4.14. The van der Waals surface area contributed by atoms with Crippen LogP contribution in [0, 0.1) is 5.82 Å². The number of hydrogen-bond acceptors (Lipinski definition) is 5. The van der Waals surface area contributed by atoms with Crippen LogP contribution in [0.25, 0.3) is 23.4 Å². The summed E-state index contributed by atoms with van der Waals surface area (Å²) in [6.07, 6.45) is 1.02. The molecule has 1 fully saturated rings. The second kappa shape index (κ2) is 11.5. The monoisotopic (exact) mass is 532 g/mol. The minimum absolute atomic E-state index is 0.0480. The van der Waals surface area contributed by atoms with Crippen molar-refractivity contribution < 1.29 is 37.0 Å². The number of anilines is 1. The predicted molar refractivity (Wildman–Crippen MR) is 132 cm³/mol. The number of nitrogens with zero attached hydrogens (tertiary/aromatic N) is 2. The van der Waals surface area contributed by atoms with Crippen molar-refractivity contribution >= 4 is 29.7 Å². The number of fused-ring (bicyclic) bond motifs is 1. The molecule has 0 saturated carbocycles. The van der Waals surface area contributed by atoms with E-state index < -0.39 is 12.1 Å². The van der Waals surface area contributed by atoms with Crippen molar-refractivity contribution in [1.82, 2.24) is 15.3 Å². The van der Waals surface area contributed by atoms with Crippen molar-refractivity contribution in [3.8, 4) is 11.3 Å². The number of amides is 1. The third-order valence-corrected chi connectivity index (χ3v) is 5.94. The number of morpholine rings is 1. The summed E-state index contributed by atoms with van der Waals surface area (Å²) in [6.45, 7) is 3.40. The van der Waals surface area contributed by atoms with Crippen LogP contribution in [-0.2, 0) is 16.0 Å². The Balaban J connectivity index is 0.000000426. The highest BCUT2D eigenvalue weighted by Crippen LogP contribution is 2.28. The lowest BCUT2D eigenvalue weighted by atomic mass is 10.1. The van der Waals surface area contributed by atoms with Gasteiger partial charge in [-0.15, -0.1) is 0 Å². The minimum atomic E-state index is -5.08. The van der Waals surface area contributed by atoms with Crippen LogP contribution in [0.3, 0.4) is 0 Å². The van der Waals surface area contributed by atoms with Crippen LogP contribution in [0.4, 0.5) is 23.2 Å². The van der Waals surface area contributed by atoms with Crippen molar-refractivity contribution in [1.29, 1.82) is 0 Å². The first-order valence-electron chi connectivity index (χ1n) is 11.7. The van der Waals surface area contributed by atoms with E-state index in [1.807, 2.05) is 30.3 Å². The number of halogens is 4. The molecule has 0 spiro atoms. The number of aromatic amines is 1. The number of H-pyrrole nitrogens is 1. The lowest BCUT2D eigenvalue weighted by Crippen LogP contribution is -2.36. The highest BCUT2D eigenvalue weighted by molar-refractivity contribution is 5.97. The standard InChI is InChI=1S/C24H23FN4O2.C2HF3O2/c25-20-2-1-3-23(29-10-12-31-13-11-29)18(20)5-4-17-14-16(6-8-26-17)22-15-19-21(28-22)7-9-27-24(19)30;3-2(4,5)1(6)7/h1-6,8,14-15,28H,7,9-13H2,(H,27,30);(H,6,7). The maximum Gasteiger partial charge on any atom is 0.490 e. The van der Waals surface area contributed by atoms with Crippen LogP contribution in [0.1, 0.15) is 27.3 Å². The molecule has 2 aliphatic rings. The number of aromatic nitrogens is 2. The molecule has 0 radical (unpaired) electrons. The summed E-state index contributed by atoms with van der Waals surface area (Å²) >= 11 is 0. The maximum atomic E-state index is 14.6. The van der Waals surface area contributed by atoms with Gasteiger partial charge in [0, 0.05) is 60.5 Å². The molecular weight excluding hydrogens is 508 g/mol. The lowest BCUT2D eigenvalue weighted by molar-refractivity contribution is -0.192. The van der Waals surface area contributed by atoms with Gasteiger partial charge in [-0.3, -0.25) is 9.78 Å². The SMILES string of the molecule is O=C(O)C(F)(F)F.O=C1NCCc2[nH]c(-c3ccnc(C=Cc4c(F)cccc4N4CCOCC4)c3)cc21. The van der Waals surface area contributed by atoms with E-state index in [0.29, 0.717) is 36.6 Å². The minimum Gasteiger partial charge on any atom is -0.475 e. The Morgan fingerprint density at radius 3 is 2.55 bits per heavy atom. The van der Waals surface area contributed by atoms with E-state index in [0.717, 1.165) is 42.1 Å². The van der Waals surface area contributed by atoms with Crippen LogP contribution < -0.4 is 10.2 Å². The largest absolute Gasteiger partial charge is 0.490 e. The van der Waals surface area contributed by atoms with Crippen LogP contribution in [0.5, 0.6) is 0 Å². The fourth-order valence-corrected chi connectivity index (χ4v) is 4.10. The molecule has 2 aliphatic heterocycles. The second-order valence-electron chi connectivity index (χ2n) is 8.46. The third kappa shape index (κ3) is 6.38. The van der Waals surface area contributed by atoms with E-state index in [2.05, 4.69) is 20.2 Å². The molecule has 3 N–H and O–H groups in total. The zero-order valence-electron chi connectivity index (χ0n) is 20.0. The lowest BCUT2D eigenvalue weighted by Gasteiger charge is -2.30. The Labute approximate surface area is 214 Å². The number of alkyl halides is 3. The van der Waals surface area contributed by atoms with E-state index in [4.69, 9.17) is 14.6 Å². The van der Waals surface area contributed by atoms with E-state index in [-0.39, 0.29) is 11.7 Å². The Bertz CT molecular complexity index is 1350. The molecule has 8 nitrogen and oxygen atoms in total.